The molecule has 0 bridgehead atoms. The van der Waals surface area contributed by atoms with E-state index in [2.05, 4.69) is 10.2 Å². The lowest BCUT2D eigenvalue weighted by molar-refractivity contribution is 0.0743. The van der Waals surface area contributed by atoms with E-state index >= 15 is 0 Å². The zero-order chi connectivity index (χ0) is 19.0. The van der Waals surface area contributed by atoms with Crippen molar-refractivity contribution in [1.82, 2.24) is 15.1 Å². The van der Waals surface area contributed by atoms with Crippen LogP contribution in [0.25, 0.3) is 11.3 Å². The number of phenols is 1. The predicted octanol–water partition coefficient (Wildman–Crippen LogP) is 3.75. The van der Waals surface area contributed by atoms with Crippen molar-refractivity contribution in [3.8, 4) is 22.8 Å². The zero-order valence-corrected chi connectivity index (χ0v) is 15.3. The average Bonchev–Trinajstić information content (AvgIpc) is 3.22. The molecule has 1 unspecified atom stereocenters. The van der Waals surface area contributed by atoms with Crippen LogP contribution < -0.4 is 4.74 Å². The van der Waals surface area contributed by atoms with Gasteiger partial charge in [0.15, 0.2) is 0 Å². The van der Waals surface area contributed by atoms with Crippen molar-refractivity contribution < 1.29 is 14.6 Å². The number of aromatic amines is 1. The van der Waals surface area contributed by atoms with Gasteiger partial charge in [0.05, 0.1) is 18.8 Å². The second-order valence-electron chi connectivity index (χ2n) is 6.59. The van der Waals surface area contributed by atoms with Crippen LogP contribution in [0.2, 0.25) is 0 Å². The third kappa shape index (κ3) is 2.83. The number of nitrogens with one attached hydrogen (secondary N) is 1. The van der Waals surface area contributed by atoms with Gasteiger partial charge in [0.25, 0.3) is 5.91 Å². The lowest BCUT2D eigenvalue weighted by Crippen LogP contribution is -2.30. The molecule has 27 heavy (non-hydrogen) atoms. The number of carbonyl (C=O) groups is 1. The fourth-order valence-corrected chi connectivity index (χ4v) is 3.70. The molecule has 0 fully saturated rings. The predicted molar refractivity (Wildman–Crippen MR) is 102 cm³/mol. The molecule has 138 valence electrons. The van der Waals surface area contributed by atoms with Crippen molar-refractivity contribution in [3.63, 3.8) is 0 Å². The van der Waals surface area contributed by atoms with Crippen molar-refractivity contribution in [2.45, 2.75) is 19.4 Å². The first-order valence-corrected chi connectivity index (χ1v) is 8.96. The number of carbonyl (C=O) groups excluding carboxylic acids is 1. The van der Waals surface area contributed by atoms with Crippen molar-refractivity contribution in [1.29, 1.82) is 0 Å². The van der Waals surface area contributed by atoms with E-state index in [9.17, 15) is 9.90 Å². The molecule has 3 aromatic rings. The van der Waals surface area contributed by atoms with Gasteiger partial charge in [-0.15, -0.1) is 0 Å². The van der Waals surface area contributed by atoms with E-state index in [0.717, 1.165) is 34.6 Å². The van der Waals surface area contributed by atoms with Gasteiger partial charge in [-0.25, -0.2) is 0 Å². The number of aromatic hydroxyl groups is 1. The number of rotatable bonds is 5. The van der Waals surface area contributed by atoms with Crippen LogP contribution in [0.4, 0.5) is 0 Å². The summed E-state index contributed by atoms with van der Waals surface area (Å²) in [7, 11) is 1.62. The highest BCUT2D eigenvalue weighted by molar-refractivity contribution is 6.00. The summed E-state index contributed by atoms with van der Waals surface area (Å²) in [4.78, 5) is 14.8. The minimum absolute atomic E-state index is 0.0677. The summed E-state index contributed by atoms with van der Waals surface area (Å²) < 4.78 is 5.33. The number of H-pyrrole nitrogens is 1. The summed E-state index contributed by atoms with van der Waals surface area (Å²) in [6.45, 7) is 2.67. The molecule has 1 aromatic heterocycles. The minimum atomic E-state index is -0.292. The molecule has 0 aliphatic carbocycles. The minimum Gasteiger partial charge on any atom is -0.508 e. The molecule has 1 aliphatic rings. The average molecular weight is 363 g/mol. The second kappa shape index (κ2) is 6.79. The Labute approximate surface area is 157 Å². The van der Waals surface area contributed by atoms with E-state index in [-0.39, 0.29) is 17.7 Å². The first-order chi connectivity index (χ1) is 13.1. The number of hydrogen-bond donors (Lipinski definition) is 2. The van der Waals surface area contributed by atoms with E-state index in [4.69, 9.17) is 4.74 Å². The SMILES string of the molecule is CCCN1C(=O)c2[nH]nc(-c3cccc(OC)c3)c2C1c1cccc(O)c1. The molecule has 2 heterocycles. The Hall–Kier alpha value is -3.28. The van der Waals surface area contributed by atoms with Crippen LogP contribution in [0, 0.1) is 0 Å². The Bertz CT molecular complexity index is 996. The van der Waals surface area contributed by atoms with Crippen LogP contribution in [-0.4, -0.2) is 39.8 Å². The fourth-order valence-electron chi connectivity index (χ4n) is 3.70. The summed E-state index contributed by atoms with van der Waals surface area (Å²) in [6, 6.07) is 14.4. The molecule has 1 amide bonds. The van der Waals surface area contributed by atoms with Gasteiger partial charge in [0, 0.05) is 17.7 Å². The maximum Gasteiger partial charge on any atom is 0.273 e. The van der Waals surface area contributed by atoms with Gasteiger partial charge >= 0.3 is 0 Å². The Balaban J connectivity index is 1.89. The van der Waals surface area contributed by atoms with Gasteiger partial charge in [0.1, 0.15) is 17.2 Å². The molecule has 1 atom stereocenters. The zero-order valence-electron chi connectivity index (χ0n) is 15.3. The van der Waals surface area contributed by atoms with Gasteiger partial charge in [0.2, 0.25) is 0 Å². The summed E-state index contributed by atoms with van der Waals surface area (Å²) in [5, 5.41) is 17.3. The van der Waals surface area contributed by atoms with Crippen molar-refractivity contribution >= 4 is 5.91 Å². The first-order valence-electron chi connectivity index (χ1n) is 8.96. The van der Waals surface area contributed by atoms with Crippen molar-refractivity contribution in [3.05, 3.63) is 65.4 Å². The smallest absolute Gasteiger partial charge is 0.273 e. The highest BCUT2D eigenvalue weighted by Gasteiger charge is 2.41. The fraction of sp³-hybridized carbons (Fsp3) is 0.238. The van der Waals surface area contributed by atoms with Crippen molar-refractivity contribution in [2.75, 3.05) is 13.7 Å². The summed E-state index contributed by atoms with van der Waals surface area (Å²) in [5.41, 5.74) is 3.82. The summed E-state index contributed by atoms with van der Waals surface area (Å²) in [5.74, 6) is 0.839. The van der Waals surface area contributed by atoms with Gasteiger partial charge in [-0.3, -0.25) is 9.89 Å². The molecule has 1 aliphatic heterocycles. The van der Waals surface area contributed by atoms with Crippen LogP contribution in [0.15, 0.2) is 48.5 Å². The number of fused-ring (bicyclic) bond motifs is 1. The number of methoxy groups -OCH3 is 1. The second-order valence-corrected chi connectivity index (χ2v) is 6.59. The Morgan fingerprint density at radius 3 is 2.78 bits per heavy atom. The number of nitrogens with zero attached hydrogens (tertiary/aromatic N) is 2. The standard InChI is InChI=1S/C21H21N3O3/c1-3-10-24-20(14-7-4-8-15(25)11-14)17-18(22-23-19(17)21(24)26)13-6-5-9-16(12-13)27-2/h4-9,11-12,20,25H,3,10H2,1-2H3,(H,22,23). The summed E-state index contributed by atoms with van der Waals surface area (Å²) >= 11 is 0. The molecule has 0 saturated carbocycles. The number of benzene rings is 2. The normalized spacial score (nSPS) is 15.9. The maximum atomic E-state index is 13.0. The molecule has 4 rings (SSSR count). The maximum absolute atomic E-state index is 13.0. The molecular weight excluding hydrogens is 342 g/mol. The number of amides is 1. The van der Waals surface area contributed by atoms with E-state index in [0.29, 0.717) is 12.2 Å². The van der Waals surface area contributed by atoms with E-state index in [1.165, 1.54) is 0 Å². The number of aromatic nitrogens is 2. The van der Waals surface area contributed by atoms with Crippen LogP contribution in [0.1, 0.15) is 41.0 Å². The number of phenolic OH excluding ortho intramolecular Hbond substituents is 1. The van der Waals surface area contributed by atoms with E-state index in [1.54, 1.807) is 25.3 Å². The van der Waals surface area contributed by atoms with Crippen LogP contribution in [0.3, 0.4) is 0 Å². The molecule has 6 heteroatoms. The first kappa shape index (κ1) is 17.1. The van der Waals surface area contributed by atoms with Crippen LogP contribution in [0.5, 0.6) is 11.5 Å². The molecule has 0 spiro atoms. The molecule has 6 nitrogen and oxygen atoms in total. The highest BCUT2D eigenvalue weighted by Crippen LogP contribution is 2.43. The van der Waals surface area contributed by atoms with Gasteiger partial charge in [-0.1, -0.05) is 31.2 Å². The van der Waals surface area contributed by atoms with Gasteiger partial charge in [-0.2, -0.15) is 5.10 Å². The number of hydrogen-bond acceptors (Lipinski definition) is 4. The Morgan fingerprint density at radius 2 is 2.04 bits per heavy atom. The van der Waals surface area contributed by atoms with Gasteiger partial charge in [-0.05, 0) is 36.2 Å². The Kier molecular flexibility index (Phi) is 4.32. The largest absolute Gasteiger partial charge is 0.508 e. The molecular formula is C21H21N3O3. The lowest BCUT2D eigenvalue weighted by Gasteiger charge is -2.26. The topological polar surface area (TPSA) is 78.5 Å². The third-order valence-electron chi connectivity index (χ3n) is 4.86. The molecule has 0 saturated heterocycles. The van der Waals surface area contributed by atoms with Crippen LogP contribution in [-0.2, 0) is 0 Å². The molecule has 2 N–H and O–H groups in total. The van der Waals surface area contributed by atoms with Crippen LogP contribution >= 0.6 is 0 Å². The van der Waals surface area contributed by atoms with E-state index < -0.39 is 0 Å². The third-order valence-corrected chi connectivity index (χ3v) is 4.86. The molecule has 2 aromatic carbocycles. The highest BCUT2D eigenvalue weighted by atomic mass is 16.5. The Morgan fingerprint density at radius 1 is 1.22 bits per heavy atom. The van der Waals surface area contributed by atoms with Crippen molar-refractivity contribution in [2.24, 2.45) is 0 Å². The number of ether oxygens (including phenoxy) is 1. The van der Waals surface area contributed by atoms with E-state index in [1.807, 2.05) is 42.2 Å². The van der Waals surface area contributed by atoms with Gasteiger partial charge < -0.3 is 14.7 Å². The summed E-state index contributed by atoms with van der Waals surface area (Å²) in [6.07, 6.45) is 0.841. The lowest BCUT2D eigenvalue weighted by atomic mass is 9.96. The quantitative estimate of drug-likeness (QED) is 0.724. The molecule has 0 radical (unpaired) electrons. The monoisotopic (exact) mass is 363 g/mol.